The van der Waals surface area contributed by atoms with Crippen molar-refractivity contribution in [3.8, 4) is 6.07 Å². The molecule has 2 aromatic rings. The second kappa shape index (κ2) is 8.80. The van der Waals surface area contributed by atoms with Gasteiger partial charge in [-0.2, -0.15) is 5.26 Å². The smallest absolute Gasteiger partial charge is 0.338 e. The molecule has 1 aromatic carbocycles. The predicted molar refractivity (Wildman–Crippen MR) is 102 cm³/mol. The third-order valence-corrected chi connectivity index (χ3v) is 4.48. The van der Waals surface area contributed by atoms with Gasteiger partial charge < -0.3 is 10.1 Å². The summed E-state index contributed by atoms with van der Waals surface area (Å²) in [7, 11) is 0. The Labute approximate surface area is 170 Å². The summed E-state index contributed by atoms with van der Waals surface area (Å²) in [6, 6.07) is 7.27. The number of halogens is 3. The van der Waals surface area contributed by atoms with Gasteiger partial charge in [-0.3, -0.25) is 4.99 Å². The zero-order valence-corrected chi connectivity index (χ0v) is 16.0. The number of aliphatic imine (C=N–C) groups is 1. The topological polar surface area (TPSA) is 87.4 Å². The second-order valence-electron chi connectivity index (χ2n) is 6.09. The zero-order valence-electron chi connectivity index (χ0n) is 15.2. The summed E-state index contributed by atoms with van der Waals surface area (Å²) in [5.41, 5.74) is 0.783. The number of aromatic nitrogens is 1. The molecular weight excluding hydrogens is 402 g/mol. The Hall–Kier alpha value is -3.31. The van der Waals surface area contributed by atoms with Crippen LogP contribution in [0.25, 0.3) is 0 Å². The number of allylic oxidation sites excluding steroid dienone is 1. The summed E-state index contributed by atoms with van der Waals surface area (Å²) in [6.07, 6.45) is 1.44. The summed E-state index contributed by atoms with van der Waals surface area (Å²) < 4.78 is 32.9. The summed E-state index contributed by atoms with van der Waals surface area (Å²) in [6.45, 7) is 1.50. The van der Waals surface area contributed by atoms with Gasteiger partial charge >= 0.3 is 5.97 Å². The lowest BCUT2D eigenvalue weighted by Crippen LogP contribution is -2.34. The summed E-state index contributed by atoms with van der Waals surface area (Å²) >= 11 is 6.20. The molecule has 1 N–H and O–H groups in total. The van der Waals surface area contributed by atoms with Crippen molar-refractivity contribution in [3.63, 3.8) is 0 Å². The number of nitriles is 1. The van der Waals surface area contributed by atoms with Crippen LogP contribution in [0.5, 0.6) is 0 Å². The quantitative estimate of drug-likeness (QED) is 0.591. The molecule has 0 spiro atoms. The Morgan fingerprint density at radius 3 is 2.86 bits per heavy atom. The maximum atomic E-state index is 14.2. The molecule has 0 aliphatic carbocycles. The fourth-order valence-corrected chi connectivity index (χ4v) is 3.11. The van der Waals surface area contributed by atoms with Gasteiger partial charge in [0.15, 0.2) is 11.7 Å². The van der Waals surface area contributed by atoms with Crippen LogP contribution in [-0.2, 0) is 9.53 Å². The number of carbonyl (C=O) groups is 1. The van der Waals surface area contributed by atoms with Gasteiger partial charge in [0.2, 0.25) is 0 Å². The first-order valence-electron chi connectivity index (χ1n) is 8.58. The van der Waals surface area contributed by atoms with Gasteiger partial charge in [-0.15, -0.1) is 0 Å². The van der Waals surface area contributed by atoms with Gasteiger partial charge in [0.25, 0.3) is 0 Å². The van der Waals surface area contributed by atoms with Crippen molar-refractivity contribution >= 4 is 23.4 Å². The van der Waals surface area contributed by atoms with Crippen LogP contribution < -0.4 is 5.32 Å². The Morgan fingerprint density at radius 1 is 1.38 bits per heavy atom. The van der Waals surface area contributed by atoms with Crippen LogP contribution in [0.2, 0.25) is 5.02 Å². The number of ether oxygens (including phenoxy) is 1. The van der Waals surface area contributed by atoms with Crippen LogP contribution in [0.1, 0.15) is 30.6 Å². The molecule has 6 nitrogen and oxygen atoms in total. The SMILES string of the molecule is CC1=C(C(=O)OCCC#N)C(c2ccc(F)cc2Cl)N=C(c2ncccc2F)N1. The lowest BCUT2D eigenvalue weighted by Gasteiger charge is -2.26. The molecule has 1 atom stereocenters. The van der Waals surface area contributed by atoms with Crippen LogP contribution >= 0.6 is 11.6 Å². The molecule has 148 valence electrons. The first-order chi connectivity index (χ1) is 13.9. The number of pyridine rings is 1. The molecule has 29 heavy (non-hydrogen) atoms. The molecule has 1 aromatic heterocycles. The maximum Gasteiger partial charge on any atom is 0.338 e. The molecule has 1 aliphatic heterocycles. The van der Waals surface area contributed by atoms with E-state index in [4.69, 9.17) is 21.6 Å². The van der Waals surface area contributed by atoms with E-state index < -0.39 is 23.6 Å². The minimum absolute atomic E-state index is 0.0289. The minimum atomic E-state index is -0.977. The molecule has 0 radical (unpaired) electrons. The minimum Gasteiger partial charge on any atom is -0.461 e. The highest BCUT2D eigenvalue weighted by atomic mass is 35.5. The van der Waals surface area contributed by atoms with E-state index in [1.165, 1.54) is 30.5 Å². The van der Waals surface area contributed by atoms with Crippen molar-refractivity contribution in [2.75, 3.05) is 6.61 Å². The van der Waals surface area contributed by atoms with Gasteiger partial charge in [0.05, 0.1) is 18.1 Å². The highest BCUT2D eigenvalue weighted by Gasteiger charge is 2.33. The standard InChI is InChI=1S/C20H15ClF2N4O2/c1-11-16(20(28)29-9-3-7-24)17(13-6-5-12(22)10-14(13)21)27-19(26-11)18-15(23)4-2-8-25-18/h2,4-6,8,10,17H,3,9H2,1H3,(H,26,27). The molecule has 0 fully saturated rings. The monoisotopic (exact) mass is 416 g/mol. The first kappa shape index (κ1) is 20.4. The van der Waals surface area contributed by atoms with E-state index >= 15 is 0 Å². The number of nitrogens with one attached hydrogen (secondary N) is 1. The first-order valence-corrected chi connectivity index (χ1v) is 8.95. The Morgan fingerprint density at radius 2 is 2.17 bits per heavy atom. The van der Waals surface area contributed by atoms with E-state index in [1.54, 1.807) is 6.92 Å². The van der Waals surface area contributed by atoms with E-state index in [2.05, 4.69) is 15.3 Å². The molecular formula is C20H15ClF2N4O2. The lowest BCUT2D eigenvalue weighted by molar-refractivity contribution is -0.139. The van der Waals surface area contributed by atoms with Crippen LogP contribution in [0.4, 0.5) is 8.78 Å². The van der Waals surface area contributed by atoms with E-state index in [-0.39, 0.29) is 35.2 Å². The van der Waals surface area contributed by atoms with E-state index in [9.17, 15) is 13.6 Å². The molecule has 1 aliphatic rings. The lowest BCUT2D eigenvalue weighted by atomic mass is 9.95. The van der Waals surface area contributed by atoms with Gasteiger partial charge in [-0.1, -0.05) is 17.7 Å². The van der Waals surface area contributed by atoms with Crippen molar-refractivity contribution in [1.82, 2.24) is 10.3 Å². The molecule has 0 amide bonds. The van der Waals surface area contributed by atoms with Crippen LogP contribution in [-0.4, -0.2) is 23.4 Å². The number of esters is 1. The molecule has 0 saturated carbocycles. The van der Waals surface area contributed by atoms with Crippen LogP contribution in [0, 0.1) is 23.0 Å². The summed E-state index contributed by atoms with van der Waals surface area (Å²) in [4.78, 5) is 21.1. The molecule has 3 rings (SSSR count). The Bertz CT molecular complexity index is 1060. The number of carbonyl (C=O) groups excluding carboxylic acids is 1. The van der Waals surface area contributed by atoms with Crippen LogP contribution in [0.3, 0.4) is 0 Å². The van der Waals surface area contributed by atoms with E-state index in [0.717, 1.165) is 6.07 Å². The van der Waals surface area contributed by atoms with Crippen molar-refractivity contribution in [3.05, 3.63) is 75.7 Å². The van der Waals surface area contributed by atoms with Gasteiger partial charge in [-0.25, -0.2) is 18.6 Å². The summed E-state index contributed by atoms with van der Waals surface area (Å²) in [5.74, 6) is -1.76. The van der Waals surface area contributed by atoms with Crippen molar-refractivity contribution in [2.45, 2.75) is 19.4 Å². The number of hydrogen-bond donors (Lipinski definition) is 1. The predicted octanol–water partition coefficient (Wildman–Crippen LogP) is 3.84. The third-order valence-electron chi connectivity index (χ3n) is 4.15. The number of hydrogen-bond acceptors (Lipinski definition) is 6. The van der Waals surface area contributed by atoms with Gasteiger partial charge in [-0.05, 0) is 31.2 Å². The molecule has 1 unspecified atom stereocenters. The van der Waals surface area contributed by atoms with E-state index in [1.807, 2.05) is 6.07 Å². The zero-order chi connectivity index (χ0) is 21.0. The Kier molecular flexibility index (Phi) is 6.20. The Balaban J connectivity index is 2.08. The van der Waals surface area contributed by atoms with Crippen molar-refractivity contribution in [2.24, 2.45) is 4.99 Å². The van der Waals surface area contributed by atoms with Crippen LogP contribution in [0.15, 0.2) is 52.8 Å². The molecule has 9 heteroatoms. The second-order valence-corrected chi connectivity index (χ2v) is 6.49. The number of nitrogens with zero attached hydrogens (tertiary/aromatic N) is 3. The van der Waals surface area contributed by atoms with Crippen molar-refractivity contribution in [1.29, 1.82) is 5.26 Å². The maximum absolute atomic E-state index is 14.2. The third kappa shape index (κ3) is 4.41. The fraction of sp³-hybridized carbons (Fsp3) is 0.200. The van der Waals surface area contributed by atoms with E-state index in [0.29, 0.717) is 11.3 Å². The van der Waals surface area contributed by atoms with Gasteiger partial charge in [0, 0.05) is 22.5 Å². The van der Waals surface area contributed by atoms with Gasteiger partial charge in [0.1, 0.15) is 24.2 Å². The van der Waals surface area contributed by atoms with Crippen molar-refractivity contribution < 1.29 is 18.3 Å². The number of benzene rings is 1. The average molecular weight is 417 g/mol. The largest absolute Gasteiger partial charge is 0.461 e. The normalized spacial score (nSPS) is 16.0. The summed E-state index contributed by atoms with van der Waals surface area (Å²) in [5, 5.41) is 11.6. The number of rotatable bonds is 5. The highest BCUT2D eigenvalue weighted by Crippen LogP contribution is 2.36. The average Bonchev–Trinajstić information content (AvgIpc) is 2.68. The molecule has 2 heterocycles. The highest BCUT2D eigenvalue weighted by molar-refractivity contribution is 6.31. The number of amidine groups is 1. The molecule has 0 bridgehead atoms. The molecule has 0 saturated heterocycles. The fourth-order valence-electron chi connectivity index (χ4n) is 2.84.